The highest BCUT2D eigenvalue weighted by molar-refractivity contribution is 7.89. The van der Waals surface area contributed by atoms with Crippen LogP contribution in [-0.2, 0) is 14.8 Å². The highest BCUT2D eigenvalue weighted by atomic mass is 32.2. The molecule has 15 heavy (non-hydrogen) atoms. The molecule has 7 heteroatoms. The van der Waals surface area contributed by atoms with Crippen LogP contribution >= 0.6 is 0 Å². The molecule has 0 unspecified atom stereocenters. The van der Waals surface area contributed by atoms with Gasteiger partial charge < -0.3 is 5.11 Å². The average molecular weight is 230 g/mol. The molecule has 2 N–H and O–H groups in total. The smallest absolute Gasteiger partial charge is 0.304 e. The summed E-state index contributed by atoms with van der Waals surface area (Å²) in [6, 6.07) is 2.88. The zero-order valence-corrected chi connectivity index (χ0v) is 8.57. The minimum Gasteiger partial charge on any atom is -0.481 e. The number of nitrogens with zero attached hydrogens (tertiary/aromatic N) is 1. The Kier molecular flexibility index (Phi) is 3.75. The summed E-state index contributed by atoms with van der Waals surface area (Å²) < 4.78 is 25.1. The molecule has 0 aliphatic heterocycles. The molecule has 6 nitrogen and oxygen atoms in total. The van der Waals surface area contributed by atoms with Crippen LogP contribution in [-0.4, -0.2) is 31.0 Å². The Morgan fingerprint density at radius 1 is 1.53 bits per heavy atom. The number of carbonyl (C=O) groups is 1. The maximum Gasteiger partial charge on any atom is 0.304 e. The topological polar surface area (TPSA) is 96.4 Å². The molecule has 0 fully saturated rings. The number of aliphatic carboxylic acids is 1. The number of sulfonamides is 1. The number of hydrogen-bond acceptors (Lipinski definition) is 4. The van der Waals surface area contributed by atoms with Crippen LogP contribution in [0.25, 0.3) is 0 Å². The quantitative estimate of drug-likeness (QED) is 0.732. The van der Waals surface area contributed by atoms with Crippen LogP contribution in [0.5, 0.6) is 0 Å². The number of nitrogens with one attached hydrogen (secondary N) is 1. The number of pyridine rings is 1. The molecule has 1 rings (SSSR count). The molecule has 0 aliphatic carbocycles. The summed E-state index contributed by atoms with van der Waals surface area (Å²) >= 11 is 0. The Morgan fingerprint density at radius 2 is 2.27 bits per heavy atom. The van der Waals surface area contributed by atoms with E-state index in [9.17, 15) is 13.2 Å². The lowest BCUT2D eigenvalue weighted by Crippen LogP contribution is -2.26. The second-order valence-electron chi connectivity index (χ2n) is 2.73. The van der Waals surface area contributed by atoms with Gasteiger partial charge in [-0.3, -0.25) is 9.78 Å². The molecule has 0 amide bonds. The molecule has 1 aromatic heterocycles. The second-order valence-corrected chi connectivity index (χ2v) is 4.50. The van der Waals surface area contributed by atoms with E-state index in [1.54, 1.807) is 0 Å². The molecular weight excluding hydrogens is 220 g/mol. The van der Waals surface area contributed by atoms with Gasteiger partial charge in [0.15, 0.2) is 0 Å². The maximum atomic E-state index is 11.5. The van der Waals surface area contributed by atoms with E-state index in [-0.39, 0.29) is 17.9 Å². The second kappa shape index (κ2) is 4.85. The predicted molar refractivity (Wildman–Crippen MR) is 51.7 cm³/mol. The number of hydrogen-bond donors (Lipinski definition) is 2. The van der Waals surface area contributed by atoms with Gasteiger partial charge in [0.05, 0.1) is 6.42 Å². The third-order valence-corrected chi connectivity index (χ3v) is 3.02. The van der Waals surface area contributed by atoms with Crippen molar-refractivity contribution in [2.45, 2.75) is 11.3 Å². The Bertz CT molecular complexity index is 429. The van der Waals surface area contributed by atoms with Crippen LogP contribution in [0.3, 0.4) is 0 Å². The maximum absolute atomic E-state index is 11.5. The summed E-state index contributed by atoms with van der Waals surface area (Å²) in [6.07, 6.45) is 2.40. The first-order valence-corrected chi connectivity index (χ1v) is 5.62. The summed E-state index contributed by atoms with van der Waals surface area (Å²) in [6.45, 7) is -0.132. The minimum atomic E-state index is -3.63. The van der Waals surface area contributed by atoms with Gasteiger partial charge in [0.2, 0.25) is 10.0 Å². The number of aromatic nitrogens is 1. The normalized spacial score (nSPS) is 11.2. The van der Waals surface area contributed by atoms with Crippen molar-refractivity contribution in [1.82, 2.24) is 9.71 Å². The first-order valence-electron chi connectivity index (χ1n) is 4.14. The molecule has 0 saturated heterocycles. The fourth-order valence-corrected chi connectivity index (χ4v) is 1.88. The number of carboxylic acids is 1. The fourth-order valence-electron chi connectivity index (χ4n) is 0.882. The van der Waals surface area contributed by atoms with Gasteiger partial charge in [-0.2, -0.15) is 0 Å². The highest BCUT2D eigenvalue weighted by Gasteiger charge is 2.13. The summed E-state index contributed by atoms with van der Waals surface area (Å²) in [4.78, 5) is 13.9. The summed E-state index contributed by atoms with van der Waals surface area (Å²) in [5.41, 5.74) is 0. The van der Waals surface area contributed by atoms with Crippen LogP contribution in [0.15, 0.2) is 29.4 Å². The van der Waals surface area contributed by atoms with Crippen molar-refractivity contribution < 1.29 is 18.3 Å². The summed E-state index contributed by atoms with van der Waals surface area (Å²) in [5.74, 6) is -1.05. The zero-order valence-electron chi connectivity index (χ0n) is 7.75. The van der Waals surface area contributed by atoms with Crippen molar-refractivity contribution in [3.8, 4) is 0 Å². The minimum absolute atomic E-state index is 0.0235. The Morgan fingerprint density at radius 3 is 2.80 bits per heavy atom. The van der Waals surface area contributed by atoms with Gasteiger partial charge in [-0.05, 0) is 12.1 Å². The Balaban J connectivity index is 2.65. The molecule has 1 aromatic rings. The van der Waals surface area contributed by atoms with E-state index < -0.39 is 16.0 Å². The zero-order chi connectivity index (χ0) is 11.3. The number of rotatable bonds is 5. The van der Waals surface area contributed by atoms with Crippen LogP contribution in [0, 0.1) is 0 Å². The number of carboxylic acid groups (broad SMARTS) is 1. The van der Waals surface area contributed by atoms with Gasteiger partial charge in [-0.1, -0.05) is 0 Å². The van der Waals surface area contributed by atoms with E-state index in [4.69, 9.17) is 5.11 Å². The SMILES string of the molecule is O=C(O)CCNS(=O)(=O)c1cccnc1. The monoisotopic (exact) mass is 230 g/mol. The molecule has 0 aromatic carbocycles. The van der Waals surface area contributed by atoms with Crippen molar-refractivity contribution in [2.24, 2.45) is 0 Å². The highest BCUT2D eigenvalue weighted by Crippen LogP contribution is 2.04. The summed E-state index contributed by atoms with van der Waals surface area (Å²) in [5, 5.41) is 8.33. The van der Waals surface area contributed by atoms with Crippen LogP contribution in [0.4, 0.5) is 0 Å². The van der Waals surface area contributed by atoms with Crippen LogP contribution in [0.2, 0.25) is 0 Å². The van der Waals surface area contributed by atoms with Crippen molar-refractivity contribution in [1.29, 1.82) is 0 Å². The van der Waals surface area contributed by atoms with Crippen LogP contribution in [0.1, 0.15) is 6.42 Å². The van der Waals surface area contributed by atoms with E-state index in [1.807, 2.05) is 0 Å². The van der Waals surface area contributed by atoms with Crippen molar-refractivity contribution in [2.75, 3.05) is 6.54 Å². The molecule has 0 bridgehead atoms. The molecule has 0 spiro atoms. The Labute approximate surface area is 87.0 Å². The van der Waals surface area contributed by atoms with Crippen molar-refractivity contribution in [3.63, 3.8) is 0 Å². The average Bonchev–Trinajstić information content (AvgIpc) is 2.18. The van der Waals surface area contributed by atoms with Gasteiger partial charge in [0.25, 0.3) is 0 Å². The molecule has 82 valence electrons. The van der Waals surface area contributed by atoms with E-state index in [2.05, 4.69) is 9.71 Å². The summed E-state index contributed by atoms with van der Waals surface area (Å²) in [7, 11) is -3.63. The molecular formula is C8H10N2O4S. The molecule has 0 atom stereocenters. The molecule has 0 radical (unpaired) electrons. The van der Waals surface area contributed by atoms with E-state index >= 15 is 0 Å². The van der Waals surface area contributed by atoms with E-state index in [1.165, 1.54) is 24.5 Å². The fraction of sp³-hybridized carbons (Fsp3) is 0.250. The van der Waals surface area contributed by atoms with Crippen LogP contribution < -0.4 is 4.72 Å². The lowest BCUT2D eigenvalue weighted by atomic mass is 10.5. The van der Waals surface area contributed by atoms with E-state index in [0.717, 1.165) is 0 Å². The van der Waals surface area contributed by atoms with Crippen molar-refractivity contribution in [3.05, 3.63) is 24.5 Å². The Hall–Kier alpha value is -1.47. The lowest BCUT2D eigenvalue weighted by Gasteiger charge is -2.03. The largest absolute Gasteiger partial charge is 0.481 e. The third-order valence-electron chi connectivity index (χ3n) is 1.58. The van der Waals surface area contributed by atoms with Crippen molar-refractivity contribution >= 4 is 16.0 Å². The first-order chi connectivity index (χ1) is 7.02. The molecule has 1 heterocycles. The van der Waals surface area contributed by atoms with Gasteiger partial charge in [-0.15, -0.1) is 0 Å². The van der Waals surface area contributed by atoms with Gasteiger partial charge in [0.1, 0.15) is 4.90 Å². The third kappa shape index (κ3) is 3.64. The van der Waals surface area contributed by atoms with Gasteiger partial charge in [-0.25, -0.2) is 13.1 Å². The first kappa shape index (κ1) is 11.6. The standard InChI is InChI=1S/C8H10N2O4S/c11-8(12)3-5-10-15(13,14)7-2-1-4-9-6-7/h1-2,4,6,10H,3,5H2,(H,11,12). The van der Waals surface area contributed by atoms with E-state index in [0.29, 0.717) is 0 Å². The van der Waals surface area contributed by atoms with Gasteiger partial charge in [0, 0.05) is 18.9 Å². The molecule has 0 aliphatic rings. The molecule has 0 saturated carbocycles. The lowest BCUT2D eigenvalue weighted by molar-refractivity contribution is -0.136. The van der Waals surface area contributed by atoms with Gasteiger partial charge >= 0.3 is 5.97 Å². The predicted octanol–water partition coefficient (Wildman–Crippen LogP) is -0.165.